The standard InChI is InChI=1S/C29H27FN4O4/c1-5-38-23-13-8-18(14-16(23)2)26(35)24-25(17-6-10-20(11-7-17)33(3)4)34(28(37)27(24)36)29-31-21-12-9-19(30)15-22(21)32-29/h6-15,25,35H,5H2,1-4H3,(H,31,32)/b26-24+. The molecule has 1 saturated heterocycles. The number of H-pyrrole nitrogens is 1. The number of Topliss-reactive ketones (excluding diaryl/α,β-unsaturated/α-hetero) is 1. The Bertz CT molecular complexity index is 1590. The van der Waals surface area contributed by atoms with Gasteiger partial charge in [-0.1, -0.05) is 12.1 Å². The summed E-state index contributed by atoms with van der Waals surface area (Å²) in [7, 11) is 3.81. The Balaban J connectivity index is 1.69. The van der Waals surface area contributed by atoms with Crippen LogP contribution in [0.2, 0.25) is 0 Å². The van der Waals surface area contributed by atoms with Crippen LogP contribution in [0.3, 0.4) is 0 Å². The number of aliphatic hydroxyl groups excluding tert-OH is 1. The number of carbonyl (C=O) groups excluding carboxylic acids is 2. The molecule has 0 radical (unpaired) electrons. The normalized spacial score (nSPS) is 16.9. The fourth-order valence-electron chi connectivity index (χ4n) is 4.67. The first-order valence-corrected chi connectivity index (χ1v) is 12.2. The summed E-state index contributed by atoms with van der Waals surface area (Å²) in [6, 6.07) is 15.5. The molecule has 2 N–H and O–H groups in total. The second kappa shape index (κ2) is 9.66. The highest BCUT2D eigenvalue weighted by Gasteiger charge is 2.48. The average Bonchev–Trinajstić information content (AvgIpc) is 3.42. The number of imidazole rings is 1. The third-order valence-electron chi connectivity index (χ3n) is 6.58. The molecule has 1 unspecified atom stereocenters. The smallest absolute Gasteiger partial charge is 0.302 e. The summed E-state index contributed by atoms with van der Waals surface area (Å²) in [6.07, 6.45) is 0. The molecule has 0 bridgehead atoms. The molecule has 0 aliphatic carbocycles. The van der Waals surface area contributed by atoms with Crippen LogP contribution in [-0.4, -0.2) is 47.5 Å². The number of benzene rings is 3. The minimum absolute atomic E-state index is 0.0669. The van der Waals surface area contributed by atoms with Crippen molar-refractivity contribution in [3.05, 3.63) is 88.7 Å². The van der Waals surface area contributed by atoms with Gasteiger partial charge in [0.1, 0.15) is 17.3 Å². The molecule has 1 amide bonds. The molecule has 1 aromatic heterocycles. The van der Waals surface area contributed by atoms with E-state index in [9.17, 15) is 19.1 Å². The molecule has 0 spiro atoms. The Morgan fingerprint density at radius 2 is 1.84 bits per heavy atom. The number of aromatic amines is 1. The zero-order valence-corrected chi connectivity index (χ0v) is 21.4. The van der Waals surface area contributed by atoms with Crippen LogP contribution < -0.4 is 14.5 Å². The van der Waals surface area contributed by atoms with Gasteiger partial charge < -0.3 is 19.7 Å². The van der Waals surface area contributed by atoms with Gasteiger partial charge in [0, 0.05) is 25.3 Å². The summed E-state index contributed by atoms with van der Waals surface area (Å²) in [5.74, 6) is -1.72. The van der Waals surface area contributed by atoms with Crippen LogP contribution in [0.15, 0.2) is 66.2 Å². The van der Waals surface area contributed by atoms with Crippen molar-refractivity contribution in [2.24, 2.45) is 0 Å². The van der Waals surface area contributed by atoms with E-state index < -0.39 is 23.5 Å². The zero-order valence-electron chi connectivity index (χ0n) is 21.4. The lowest BCUT2D eigenvalue weighted by atomic mass is 9.94. The minimum atomic E-state index is -0.969. The SMILES string of the molecule is CCOc1ccc(/C(O)=C2\C(=O)C(=O)N(c3nc4ccc(F)cc4[nH]3)C2c2ccc(N(C)C)cc2)cc1C. The number of carbonyl (C=O) groups is 2. The van der Waals surface area contributed by atoms with Crippen molar-refractivity contribution in [3.8, 4) is 5.75 Å². The van der Waals surface area contributed by atoms with Gasteiger partial charge in [-0.2, -0.15) is 0 Å². The summed E-state index contributed by atoms with van der Waals surface area (Å²) >= 11 is 0. The number of ether oxygens (including phenoxy) is 1. The fraction of sp³-hybridized carbons (Fsp3) is 0.207. The lowest BCUT2D eigenvalue weighted by molar-refractivity contribution is -0.132. The molecule has 2 heterocycles. The van der Waals surface area contributed by atoms with Gasteiger partial charge >= 0.3 is 5.91 Å². The molecule has 1 atom stereocenters. The third kappa shape index (κ3) is 4.26. The zero-order chi connectivity index (χ0) is 27.1. The maximum absolute atomic E-state index is 13.8. The largest absolute Gasteiger partial charge is 0.507 e. The van der Waals surface area contributed by atoms with Gasteiger partial charge in [-0.3, -0.25) is 14.5 Å². The number of nitrogens with one attached hydrogen (secondary N) is 1. The average molecular weight is 515 g/mol. The van der Waals surface area contributed by atoms with E-state index in [1.807, 2.05) is 45.0 Å². The first kappa shape index (κ1) is 25.0. The van der Waals surface area contributed by atoms with Crippen molar-refractivity contribution >= 4 is 40.1 Å². The fourth-order valence-corrected chi connectivity index (χ4v) is 4.67. The highest BCUT2D eigenvalue weighted by Crippen LogP contribution is 2.42. The summed E-state index contributed by atoms with van der Waals surface area (Å²) in [5, 5.41) is 11.4. The number of ketones is 1. The summed E-state index contributed by atoms with van der Waals surface area (Å²) in [5.41, 5.74) is 3.43. The summed E-state index contributed by atoms with van der Waals surface area (Å²) in [6.45, 7) is 4.20. The van der Waals surface area contributed by atoms with Crippen molar-refractivity contribution in [1.29, 1.82) is 0 Å². The van der Waals surface area contributed by atoms with E-state index in [1.165, 1.54) is 23.1 Å². The minimum Gasteiger partial charge on any atom is -0.507 e. The highest BCUT2D eigenvalue weighted by atomic mass is 19.1. The Labute approximate surface area is 219 Å². The maximum Gasteiger partial charge on any atom is 0.302 e. The van der Waals surface area contributed by atoms with E-state index in [-0.39, 0.29) is 17.3 Å². The number of fused-ring (bicyclic) bond motifs is 1. The first-order chi connectivity index (χ1) is 18.2. The second-order valence-electron chi connectivity index (χ2n) is 9.29. The van der Waals surface area contributed by atoms with Crippen LogP contribution >= 0.6 is 0 Å². The molecule has 9 heteroatoms. The number of aliphatic hydroxyl groups is 1. The first-order valence-electron chi connectivity index (χ1n) is 12.2. The van der Waals surface area contributed by atoms with Gasteiger partial charge in [0.15, 0.2) is 0 Å². The Hall–Kier alpha value is -4.66. The van der Waals surface area contributed by atoms with Crippen LogP contribution in [0.25, 0.3) is 16.8 Å². The van der Waals surface area contributed by atoms with Crippen LogP contribution in [0.4, 0.5) is 16.0 Å². The predicted octanol–water partition coefficient (Wildman–Crippen LogP) is 5.10. The molecule has 1 aliphatic rings. The van der Waals surface area contributed by atoms with Crippen molar-refractivity contribution in [3.63, 3.8) is 0 Å². The number of amides is 1. The lowest BCUT2D eigenvalue weighted by Gasteiger charge is -2.24. The molecule has 194 valence electrons. The van der Waals surface area contributed by atoms with Crippen molar-refractivity contribution in [2.45, 2.75) is 19.9 Å². The van der Waals surface area contributed by atoms with Crippen LogP contribution in [-0.2, 0) is 9.59 Å². The predicted molar refractivity (Wildman–Crippen MR) is 144 cm³/mol. The number of aromatic nitrogens is 2. The van der Waals surface area contributed by atoms with E-state index in [2.05, 4.69) is 9.97 Å². The quantitative estimate of drug-likeness (QED) is 0.211. The Morgan fingerprint density at radius 3 is 2.50 bits per heavy atom. The van der Waals surface area contributed by atoms with E-state index in [1.54, 1.807) is 30.3 Å². The van der Waals surface area contributed by atoms with Gasteiger partial charge in [-0.05, 0) is 73.5 Å². The lowest BCUT2D eigenvalue weighted by Crippen LogP contribution is -2.30. The molecule has 1 fully saturated rings. The number of anilines is 2. The molecule has 8 nitrogen and oxygen atoms in total. The van der Waals surface area contributed by atoms with E-state index in [0.29, 0.717) is 34.5 Å². The third-order valence-corrected chi connectivity index (χ3v) is 6.58. The van der Waals surface area contributed by atoms with E-state index in [4.69, 9.17) is 4.74 Å². The topological polar surface area (TPSA) is 98.8 Å². The molecule has 38 heavy (non-hydrogen) atoms. The molecular formula is C29H27FN4O4. The summed E-state index contributed by atoms with van der Waals surface area (Å²) < 4.78 is 19.4. The van der Waals surface area contributed by atoms with E-state index in [0.717, 1.165) is 11.3 Å². The van der Waals surface area contributed by atoms with Crippen molar-refractivity contribution in [2.75, 3.05) is 30.5 Å². The Kier molecular flexibility index (Phi) is 6.36. The molecule has 3 aromatic carbocycles. The van der Waals surface area contributed by atoms with Crippen LogP contribution in [0, 0.1) is 12.7 Å². The van der Waals surface area contributed by atoms with Crippen molar-refractivity contribution in [1.82, 2.24) is 9.97 Å². The number of hydrogen-bond donors (Lipinski definition) is 2. The summed E-state index contributed by atoms with van der Waals surface area (Å²) in [4.78, 5) is 37.4. The van der Waals surface area contributed by atoms with Gasteiger partial charge in [0.25, 0.3) is 5.78 Å². The number of halogens is 1. The number of aryl methyl sites for hydroxylation is 1. The molecule has 1 aliphatic heterocycles. The van der Waals surface area contributed by atoms with Gasteiger partial charge in [-0.25, -0.2) is 9.37 Å². The van der Waals surface area contributed by atoms with Crippen molar-refractivity contribution < 1.29 is 23.8 Å². The van der Waals surface area contributed by atoms with E-state index >= 15 is 0 Å². The number of rotatable bonds is 6. The second-order valence-corrected chi connectivity index (χ2v) is 9.29. The van der Waals surface area contributed by atoms with Gasteiger partial charge in [-0.15, -0.1) is 0 Å². The molecular weight excluding hydrogens is 487 g/mol. The Morgan fingerprint density at radius 1 is 1.11 bits per heavy atom. The monoisotopic (exact) mass is 514 g/mol. The van der Waals surface area contributed by atoms with Gasteiger partial charge in [0.2, 0.25) is 5.95 Å². The van der Waals surface area contributed by atoms with Crippen LogP contribution in [0.1, 0.15) is 29.7 Å². The molecule has 4 aromatic rings. The highest BCUT2D eigenvalue weighted by molar-refractivity contribution is 6.51. The number of hydrogen-bond acceptors (Lipinski definition) is 6. The molecule has 0 saturated carbocycles. The maximum atomic E-state index is 13.8. The van der Waals surface area contributed by atoms with Gasteiger partial charge in [0.05, 0.1) is 29.3 Å². The van der Waals surface area contributed by atoms with Crippen LogP contribution in [0.5, 0.6) is 5.75 Å². The number of nitrogens with zero attached hydrogens (tertiary/aromatic N) is 3. The molecule has 5 rings (SSSR count).